The van der Waals surface area contributed by atoms with Gasteiger partial charge in [0.15, 0.2) is 0 Å². The molecule has 1 aromatic carbocycles. The van der Waals surface area contributed by atoms with Crippen molar-refractivity contribution in [3.63, 3.8) is 0 Å². The summed E-state index contributed by atoms with van der Waals surface area (Å²) in [4.78, 5) is 0. The fraction of sp³-hybridized carbons (Fsp3) is 0.538. The second-order valence-corrected chi connectivity index (χ2v) is 6.43. The van der Waals surface area contributed by atoms with Gasteiger partial charge < -0.3 is 5.11 Å². The molecule has 1 aromatic rings. The quantitative estimate of drug-likeness (QED) is 0.851. The molecule has 18 heavy (non-hydrogen) atoms. The van der Waals surface area contributed by atoms with Crippen LogP contribution in [0.4, 0.5) is 0 Å². The lowest BCUT2D eigenvalue weighted by atomic mass is 9.77. The zero-order valence-corrected chi connectivity index (χ0v) is 11.2. The fourth-order valence-corrected chi connectivity index (χ4v) is 3.20. The highest BCUT2D eigenvalue weighted by molar-refractivity contribution is 7.86. The van der Waals surface area contributed by atoms with E-state index in [0.29, 0.717) is 12.8 Å². The standard InChI is InChI=1S/C13H18O4S/c1-18(15,16)17-12-9-5-6-10-13(12,14)11-7-3-2-4-8-11/h2-4,7-8,12,14H,5-6,9-10H2,1H3. The van der Waals surface area contributed by atoms with Crippen molar-refractivity contribution in [3.8, 4) is 0 Å². The average Bonchev–Trinajstić information content (AvgIpc) is 2.32. The average molecular weight is 270 g/mol. The highest BCUT2D eigenvalue weighted by Gasteiger charge is 2.42. The summed E-state index contributed by atoms with van der Waals surface area (Å²) in [6.07, 6.45) is 3.15. The Morgan fingerprint density at radius 1 is 1.28 bits per heavy atom. The summed E-state index contributed by atoms with van der Waals surface area (Å²) in [6, 6.07) is 9.15. The van der Waals surface area contributed by atoms with Crippen LogP contribution >= 0.6 is 0 Å². The largest absolute Gasteiger partial charge is 0.382 e. The molecule has 1 aliphatic rings. The number of rotatable bonds is 3. The van der Waals surface area contributed by atoms with Gasteiger partial charge in [-0.05, 0) is 18.4 Å². The molecule has 0 radical (unpaired) electrons. The monoisotopic (exact) mass is 270 g/mol. The Hall–Kier alpha value is -0.910. The third-order valence-electron chi connectivity index (χ3n) is 3.37. The minimum Gasteiger partial charge on any atom is -0.382 e. The molecular weight excluding hydrogens is 252 g/mol. The molecule has 0 spiro atoms. The predicted molar refractivity (Wildman–Crippen MR) is 68.5 cm³/mol. The number of benzene rings is 1. The van der Waals surface area contributed by atoms with Gasteiger partial charge in [-0.2, -0.15) is 8.42 Å². The van der Waals surface area contributed by atoms with Gasteiger partial charge in [0.1, 0.15) is 11.7 Å². The van der Waals surface area contributed by atoms with Gasteiger partial charge in [0.25, 0.3) is 10.1 Å². The summed E-state index contributed by atoms with van der Waals surface area (Å²) >= 11 is 0. The van der Waals surface area contributed by atoms with Gasteiger partial charge in [-0.3, -0.25) is 4.18 Å². The lowest BCUT2D eigenvalue weighted by Crippen LogP contribution is -2.44. The van der Waals surface area contributed by atoms with E-state index in [1.165, 1.54) is 0 Å². The third kappa shape index (κ3) is 2.91. The molecule has 0 aromatic heterocycles. The Balaban J connectivity index is 2.32. The first-order valence-corrected chi connectivity index (χ1v) is 7.90. The van der Waals surface area contributed by atoms with Gasteiger partial charge >= 0.3 is 0 Å². The van der Waals surface area contributed by atoms with Crippen molar-refractivity contribution in [1.82, 2.24) is 0 Å². The minimum atomic E-state index is -3.56. The van der Waals surface area contributed by atoms with Crippen molar-refractivity contribution in [2.24, 2.45) is 0 Å². The van der Waals surface area contributed by atoms with Crippen LogP contribution in [0.25, 0.3) is 0 Å². The molecule has 1 saturated carbocycles. The molecule has 2 atom stereocenters. The van der Waals surface area contributed by atoms with Crippen LogP contribution in [0, 0.1) is 0 Å². The van der Waals surface area contributed by atoms with E-state index >= 15 is 0 Å². The Labute approximate surface area is 108 Å². The van der Waals surface area contributed by atoms with E-state index in [2.05, 4.69) is 0 Å². The summed E-state index contributed by atoms with van der Waals surface area (Å²) < 4.78 is 27.6. The molecule has 5 heteroatoms. The second kappa shape index (κ2) is 4.99. The first-order chi connectivity index (χ1) is 8.42. The number of hydrogen-bond donors (Lipinski definition) is 1. The highest BCUT2D eigenvalue weighted by Crippen LogP contribution is 2.39. The zero-order valence-electron chi connectivity index (χ0n) is 10.4. The first kappa shape index (κ1) is 13.5. The van der Waals surface area contributed by atoms with E-state index < -0.39 is 21.8 Å². The fourth-order valence-electron chi connectivity index (χ4n) is 2.52. The summed E-state index contributed by atoms with van der Waals surface area (Å²) in [5.41, 5.74) is -0.485. The molecule has 100 valence electrons. The van der Waals surface area contributed by atoms with Crippen molar-refractivity contribution < 1.29 is 17.7 Å². The predicted octanol–water partition coefficient (Wildman–Crippen LogP) is 1.79. The molecule has 1 fully saturated rings. The van der Waals surface area contributed by atoms with Crippen LogP contribution in [0.5, 0.6) is 0 Å². The van der Waals surface area contributed by atoms with Gasteiger partial charge in [-0.15, -0.1) is 0 Å². The topological polar surface area (TPSA) is 63.6 Å². The van der Waals surface area contributed by atoms with Gasteiger partial charge in [-0.1, -0.05) is 43.2 Å². The SMILES string of the molecule is CS(=O)(=O)OC1CCCCC1(O)c1ccccc1. The molecule has 2 rings (SSSR count). The van der Waals surface area contributed by atoms with E-state index in [1.54, 1.807) is 0 Å². The highest BCUT2D eigenvalue weighted by atomic mass is 32.2. The minimum absolute atomic E-state index is 0.525. The van der Waals surface area contributed by atoms with E-state index in [0.717, 1.165) is 24.7 Å². The van der Waals surface area contributed by atoms with Gasteiger partial charge in [0.2, 0.25) is 0 Å². The summed E-state index contributed by atoms with van der Waals surface area (Å²) in [5.74, 6) is 0. The maximum Gasteiger partial charge on any atom is 0.264 e. The van der Waals surface area contributed by atoms with Crippen molar-refractivity contribution >= 4 is 10.1 Å². The normalized spacial score (nSPS) is 29.1. The summed E-state index contributed by atoms with van der Waals surface area (Å²) in [7, 11) is -3.56. The molecule has 0 bridgehead atoms. The molecule has 0 aliphatic heterocycles. The van der Waals surface area contributed by atoms with E-state index in [9.17, 15) is 13.5 Å². The lowest BCUT2D eigenvalue weighted by Gasteiger charge is -2.39. The van der Waals surface area contributed by atoms with Crippen molar-refractivity contribution in [2.75, 3.05) is 6.26 Å². The van der Waals surface area contributed by atoms with Crippen LogP contribution in [-0.2, 0) is 19.9 Å². The molecular formula is C13H18O4S. The third-order valence-corrected chi connectivity index (χ3v) is 3.95. The molecule has 0 heterocycles. The van der Waals surface area contributed by atoms with Crippen LogP contribution in [-0.4, -0.2) is 25.9 Å². The van der Waals surface area contributed by atoms with Gasteiger partial charge in [0.05, 0.1) is 6.26 Å². The van der Waals surface area contributed by atoms with Crippen LogP contribution in [0.15, 0.2) is 30.3 Å². The van der Waals surface area contributed by atoms with Crippen LogP contribution in [0.2, 0.25) is 0 Å². The maximum absolute atomic E-state index is 11.3. The first-order valence-electron chi connectivity index (χ1n) is 6.08. The zero-order chi connectivity index (χ0) is 13.2. The summed E-state index contributed by atoms with van der Waals surface area (Å²) in [6.45, 7) is 0. The second-order valence-electron chi connectivity index (χ2n) is 4.83. The molecule has 1 N–H and O–H groups in total. The molecule has 0 amide bonds. The molecule has 4 nitrogen and oxygen atoms in total. The van der Waals surface area contributed by atoms with Crippen molar-refractivity contribution in [3.05, 3.63) is 35.9 Å². The Morgan fingerprint density at radius 3 is 2.56 bits per heavy atom. The van der Waals surface area contributed by atoms with Gasteiger partial charge in [0, 0.05) is 0 Å². The van der Waals surface area contributed by atoms with Crippen LogP contribution < -0.4 is 0 Å². The molecule has 2 unspecified atom stereocenters. The van der Waals surface area contributed by atoms with E-state index in [4.69, 9.17) is 4.18 Å². The summed E-state index contributed by atoms with van der Waals surface area (Å²) in [5, 5.41) is 10.8. The molecule has 0 saturated heterocycles. The van der Waals surface area contributed by atoms with Gasteiger partial charge in [-0.25, -0.2) is 0 Å². The Morgan fingerprint density at radius 2 is 1.94 bits per heavy atom. The number of hydrogen-bond acceptors (Lipinski definition) is 4. The smallest absolute Gasteiger partial charge is 0.264 e. The number of aliphatic hydroxyl groups is 1. The van der Waals surface area contributed by atoms with Crippen LogP contribution in [0.3, 0.4) is 0 Å². The van der Waals surface area contributed by atoms with Crippen molar-refractivity contribution in [1.29, 1.82) is 0 Å². The Kier molecular flexibility index (Phi) is 3.75. The molecule has 1 aliphatic carbocycles. The Bertz CT molecular complexity index is 497. The van der Waals surface area contributed by atoms with Crippen molar-refractivity contribution in [2.45, 2.75) is 37.4 Å². The van der Waals surface area contributed by atoms with E-state index in [1.807, 2.05) is 30.3 Å². The van der Waals surface area contributed by atoms with E-state index in [-0.39, 0.29) is 0 Å². The maximum atomic E-state index is 11.3. The van der Waals surface area contributed by atoms with Crippen LogP contribution in [0.1, 0.15) is 31.2 Å². The lowest BCUT2D eigenvalue weighted by molar-refractivity contribution is -0.0907.